The summed E-state index contributed by atoms with van der Waals surface area (Å²) in [6.07, 6.45) is -0.150. The molecule has 1 aliphatic heterocycles. The van der Waals surface area contributed by atoms with E-state index >= 15 is 0 Å². The summed E-state index contributed by atoms with van der Waals surface area (Å²) < 4.78 is 0. The highest BCUT2D eigenvalue weighted by molar-refractivity contribution is 7.10. The Kier molecular flexibility index (Phi) is 3.65. The molecule has 0 radical (unpaired) electrons. The van der Waals surface area contributed by atoms with Crippen molar-refractivity contribution in [2.45, 2.75) is 18.4 Å². The normalized spacial score (nSPS) is 17.7. The predicted octanol–water partition coefficient (Wildman–Crippen LogP) is 2.77. The minimum Gasteiger partial charge on any atom is -0.465 e. The first kappa shape index (κ1) is 14.0. The number of carboxylic acid groups (broad SMARTS) is 1. The molecule has 0 unspecified atom stereocenters. The van der Waals surface area contributed by atoms with Crippen molar-refractivity contribution in [1.29, 1.82) is 0 Å². The van der Waals surface area contributed by atoms with Gasteiger partial charge in [-0.3, -0.25) is 0 Å². The lowest BCUT2D eigenvalue weighted by Crippen LogP contribution is -2.44. The van der Waals surface area contributed by atoms with E-state index in [2.05, 4.69) is 4.98 Å². The highest BCUT2D eigenvalue weighted by Crippen LogP contribution is 2.36. The van der Waals surface area contributed by atoms with Crippen LogP contribution in [0.5, 0.6) is 0 Å². The number of benzene rings is 1. The van der Waals surface area contributed by atoms with Crippen LogP contribution in [0, 0.1) is 0 Å². The maximum atomic E-state index is 10.9. The lowest BCUT2D eigenvalue weighted by atomic mass is 9.92. The molecule has 21 heavy (non-hydrogen) atoms. The van der Waals surface area contributed by atoms with E-state index in [0.717, 1.165) is 11.3 Å². The average molecular weight is 304 g/mol. The molecule has 1 aliphatic rings. The van der Waals surface area contributed by atoms with E-state index in [1.165, 1.54) is 16.2 Å². The van der Waals surface area contributed by atoms with Crippen LogP contribution in [0.15, 0.2) is 35.7 Å². The molecule has 1 fully saturated rings. The third kappa shape index (κ3) is 2.77. The van der Waals surface area contributed by atoms with Crippen LogP contribution < -0.4 is 0 Å². The Morgan fingerprint density at radius 1 is 1.24 bits per heavy atom. The fourth-order valence-corrected chi connectivity index (χ4v) is 3.50. The van der Waals surface area contributed by atoms with E-state index in [1.807, 2.05) is 35.7 Å². The molecule has 1 aromatic heterocycles. The Bertz CT molecular complexity index is 633. The molecule has 2 aromatic rings. The molecular formula is C15H16N2O3S. The van der Waals surface area contributed by atoms with Crippen molar-refractivity contribution in [3.63, 3.8) is 0 Å². The van der Waals surface area contributed by atoms with Crippen LogP contribution in [0.4, 0.5) is 4.79 Å². The Morgan fingerprint density at radius 2 is 1.90 bits per heavy atom. The molecule has 6 heteroatoms. The first-order valence-corrected chi connectivity index (χ1v) is 7.68. The van der Waals surface area contributed by atoms with Gasteiger partial charge in [0.1, 0.15) is 10.6 Å². The summed E-state index contributed by atoms with van der Waals surface area (Å²) in [4.78, 5) is 16.8. The Morgan fingerprint density at radius 3 is 2.52 bits per heavy atom. The highest BCUT2D eigenvalue weighted by Gasteiger charge is 2.37. The van der Waals surface area contributed by atoms with Crippen LogP contribution in [0.3, 0.4) is 0 Å². The number of thiazole rings is 1. The van der Waals surface area contributed by atoms with Gasteiger partial charge in [0.25, 0.3) is 0 Å². The van der Waals surface area contributed by atoms with E-state index in [-0.39, 0.29) is 0 Å². The second kappa shape index (κ2) is 5.46. The number of hydrogen-bond acceptors (Lipinski definition) is 4. The average Bonchev–Trinajstić information content (AvgIpc) is 2.99. The highest BCUT2D eigenvalue weighted by atomic mass is 32.1. The molecule has 2 N–H and O–H groups in total. The van der Waals surface area contributed by atoms with Gasteiger partial charge in [-0.1, -0.05) is 30.3 Å². The summed E-state index contributed by atoms with van der Waals surface area (Å²) in [5.74, 6) is 0. The molecule has 5 nitrogen and oxygen atoms in total. The lowest BCUT2D eigenvalue weighted by Gasteiger charge is -2.35. The van der Waals surface area contributed by atoms with Crippen LogP contribution in [0.2, 0.25) is 0 Å². The molecule has 110 valence electrons. The molecule has 1 amide bonds. The lowest BCUT2D eigenvalue weighted by molar-refractivity contribution is -0.0214. The zero-order valence-corrected chi connectivity index (χ0v) is 12.2. The number of aromatic nitrogens is 1. The minimum atomic E-state index is -1.01. The molecule has 0 bridgehead atoms. The van der Waals surface area contributed by atoms with Crippen LogP contribution in [0.25, 0.3) is 11.3 Å². The van der Waals surface area contributed by atoms with Gasteiger partial charge in [-0.25, -0.2) is 9.78 Å². The second-order valence-electron chi connectivity index (χ2n) is 5.21. The first-order chi connectivity index (χ1) is 10.1. The van der Waals surface area contributed by atoms with Crippen LogP contribution in [0.1, 0.15) is 17.8 Å². The van der Waals surface area contributed by atoms with Crippen molar-refractivity contribution < 1.29 is 15.0 Å². The zero-order valence-electron chi connectivity index (χ0n) is 11.4. The monoisotopic (exact) mass is 304 g/mol. The van der Waals surface area contributed by atoms with Gasteiger partial charge in [-0.2, -0.15) is 0 Å². The van der Waals surface area contributed by atoms with E-state index in [0.29, 0.717) is 30.9 Å². The van der Waals surface area contributed by atoms with Gasteiger partial charge >= 0.3 is 6.09 Å². The fraction of sp³-hybridized carbons (Fsp3) is 0.333. The van der Waals surface area contributed by atoms with Gasteiger partial charge in [0.05, 0.1) is 5.69 Å². The molecule has 3 rings (SSSR count). The Labute approximate surface area is 126 Å². The largest absolute Gasteiger partial charge is 0.465 e. The summed E-state index contributed by atoms with van der Waals surface area (Å²) in [5.41, 5.74) is 0.861. The van der Waals surface area contributed by atoms with Gasteiger partial charge in [0.2, 0.25) is 0 Å². The van der Waals surface area contributed by atoms with Gasteiger partial charge < -0.3 is 15.1 Å². The number of hydrogen-bond donors (Lipinski definition) is 2. The zero-order chi connectivity index (χ0) is 14.9. The quantitative estimate of drug-likeness (QED) is 0.894. The van der Waals surface area contributed by atoms with E-state index in [1.54, 1.807) is 0 Å². The van der Waals surface area contributed by atoms with Gasteiger partial charge in [0.15, 0.2) is 0 Å². The van der Waals surface area contributed by atoms with Crippen LogP contribution >= 0.6 is 11.3 Å². The van der Waals surface area contributed by atoms with Crippen LogP contribution in [-0.4, -0.2) is 39.3 Å². The maximum Gasteiger partial charge on any atom is 0.407 e. The van der Waals surface area contributed by atoms with Gasteiger partial charge in [-0.05, 0) is 0 Å². The smallest absolute Gasteiger partial charge is 0.407 e. The molecule has 1 saturated heterocycles. The molecule has 1 aromatic carbocycles. The van der Waals surface area contributed by atoms with Crippen molar-refractivity contribution in [2.24, 2.45) is 0 Å². The van der Waals surface area contributed by atoms with Crippen molar-refractivity contribution in [3.05, 3.63) is 40.7 Å². The number of rotatable bonds is 2. The summed E-state index contributed by atoms with van der Waals surface area (Å²) in [5, 5.41) is 22.3. The molecule has 0 atom stereocenters. The number of piperidine rings is 1. The number of likely N-dealkylation sites (tertiary alicyclic amines) is 1. The molecule has 0 saturated carbocycles. The van der Waals surface area contributed by atoms with Crippen molar-refractivity contribution in [1.82, 2.24) is 9.88 Å². The van der Waals surface area contributed by atoms with Crippen molar-refractivity contribution in [2.75, 3.05) is 13.1 Å². The number of aliphatic hydroxyl groups is 1. The third-order valence-corrected chi connectivity index (χ3v) is 4.87. The Hall–Kier alpha value is -1.92. The number of nitrogens with zero attached hydrogens (tertiary/aromatic N) is 2. The second-order valence-corrected chi connectivity index (χ2v) is 6.06. The Balaban J connectivity index is 1.79. The molecule has 0 spiro atoms. The SMILES string of the molecule is O=C(O)N1CCC(O)(c2nc(-c3ccccc3)cs2)CC1. The first-order valence-electron chi connectivity index (χ1n) is 6.80. The third-order valence-electron chi connectivity index (χ3n) is 3.83. The summed E-state index contributed by atoms with van der Waals surface area (Å²) in [7, 11) is 0. The molecule has 2 heterocycles. The fourth-order valence-electron chi connectivity index (χ4n) is 2.51. The topological polar surface area (TPSA) is 73.7 Å². The van der Waals surface area contributed by atoms with Crippen molar-refractivity contribution in [3.8, 4) is 11.3 Å². The van der Waals surface area contributed by atoms with Crippen molar-refractivity contribution >= 4 is 17.4 Å². The minimum absolute atomic E-state index is 0.339. The summed E-state index contributed by atoms with van der Waals surface area (Å²) >= 11 is 1.43. The number of carbonyl (C=O) groups is 1. The van der Waals surface area contributed by atoms with Gasteiger partial charge in [-0.15, -0.1) is 11.3 Å². The van der Waals surface area contributed by atoms with Gasteiger partial charge in [0, 0.05) is 36.9 Å². The van der Waals surface area contributed by atoms with E-state index in [4.69, 9.17) is 5.11 Å². The maximum absolute atomic E-state index is 10.9. The van der Waals surface area contributed by atoms with Crippen LogP contribution in [-0.2, 0) is 5.60 Å². The summed E-state index contributed by atoms with van der Waals surface area (Å²) in [6, 6.07) is 9.82. The predicted molar refractivity (Wildman–Crippen MR) is 80.3 cm³/mol. The standard InChI is InChI=1S/C15H16N2O3S/c18-14(19)17-8-6-15(20,7-9-17)13-16-12(10-21-13)11-4-2-1-3-5-11/h1-5,10,20H,6-9H2,(H,18,19). The van der Waals surface area contributed by atoms with E-state index in [9.17, 15) is 9.90 Å². The number of amides is 1. The summed E-state index contributed by atoms with van der Waals surface area (Å²) in [6.45, 7) is 0.679. The van der Waals surface area contributed by atoms with E-state index < -0.39 is 11.7 Å². The molecular weight excluding hydrogens is 288 g/mol. The molecule has 0 aliphatic carbocycles.